The summed E-state index contributed by atoms with van der Waals surface area (Å²) in [5, 5.41) is 9.49. The second kappa shape index (κ2) is 7.68. The van der Waals surface area contributed by atoms with Crippen LogP contribution in [-0.4, -0.2) is 54.3 Å². The number of pyridine rings is 1. The molecular weight excluding hydrogens is 262 g/mol. The van der Waals surface area contributed by atoms with Gasteiger partial charge in [0.1, 0.15) is 5.82 Å². The Bertz CT molecular complexity index is 381. The van der Waals surface area contributed by atoms with Gasteiger partial charge in [-0.2, -0.15) is 0 Å². The number of hydrogen-bond acceptors (Lipinski definition) is 4. The number of anilines is 1. The van der Waals surface area contributed by atoms with Crippen molar-refractivity contribution in [1.29, 1.82) is 0 Å². The quantitative estimate of drug-likeness (QED) is 0.811. The van der Waals surface area contributed by atoms with E-state index in [9.17, 15) is 0 Å². The smallest absolute Gasteiger partial charge is 0.147 e. The fourth-order valence-electron chi connectivity index (χ4n) is 2.42. The lowest BCUT2D eigenvalue weighted by atomic mass is 10.2. The fourth-order valence-corrected chi connectivity index (χ4v) is 2.66. The molecule has 0 bridgehead atoms. The summed E-state index contributed by atoms with van der Waals surface area (Å²) in [6, 6.07) is 3.76. The van der Waals surface area contributed by atoms with Gasteiger partial charge < -0.3 is 10.0 Å². The molecule has 0 amide bonds. The summed E-state index contributed by atoms with van der Waals surface area (Å²) >= 11 is 6.17. The molecule has 1 aliphatic heterocycles. The number of aliphatic hydroxyl groups excluding tert-OH is 1. The number of halogens is 1. The molecule has 106 valence electrons. The molecule has 5 heteroatoms. The fraction of sp³-hybridized carbons (Fsp3) is 0.643. The Kier molecular flexibility index (Phi) is 5.89. The predicted octanol–water partition coefficient (Wildman–Crippen LogP) is 2.02. The average Bonchev–Trinajstić information content (AvgIpc) is 2.45. The third-order valence-corrected chi connectivity index (χ3v) is 3.84. The van der Waals surface area contributed by atoms with Crippen molar-refractivity contribution < 1.29 is 5.11 Å². The predicted molar refractivity (Wildman–Crippen MR) is 78.8 cm³/mol. The van der Waals surface area contributed by atoms with E-state index in [0.717, 1.165) is 56.4 Å². The second-order valence-electron chi connectivity index (χ2n) is 4.92. The minimum Gasteiger partial charge on any atom is -0.396 e. The Balaban J connectivity index is 1.75. The Hall–Kier alpha value is -0.840. The van der Waals surface area contributed by atoms with Crippen LogP contribution >= 0.6 is 11.6 Å². The zero-order valence-electron chi connectivity index (χ0n) is 11.3. The first-order valence-corrected chi connectivity index (χ1v) is 7.38. The first-order valence-electron chi connectivity index (χ1n) is 7.00. The largest absolute Gasteiger partial charge is 0.396 e. The average molecular weight is 284 g/mol. The van der Waals surface area contributed by atoms with Crippen molar-refractivity contribution in [1.82, 2.24) is 9.88 Å². The molecule has 1 N–H and O–H groups in total. The number of aliphatic hydroxyl groups is 1. The van der Waals surface area contributed by atoms with Gasteiger partial charge in [-0.15, -0.1) is 0 Å². The van der Waals surface area contributed by atoms with E-state index in [1.54, 1.807) is 6.20 Å². The van der Waals surface area contributed by atoms with E-state index in [1.807, 2.05) is 12.1 Å². The molecule has 1 fully saturated rings. The van der Waals surface area contributed by atoms with E-state index in [4.69, 9.17) is 16.7 Å². The molecule has 0 saturated carbocycles. The molecule has 0 aromatic carbocycles. The summed E-state index contributed by atoms with van der Waals surface area (Å²) in [7, 11) is 0. The summed E-state index contributed by atoms with van der Waals surface area (Å²) < 4.78 is 0. The van der Waals surface area contributed by atoms with Gasteiger partial charge in [-0.3, -0.25) is 4.90 Å². The molecule has 0 radical (unpaired) electrons. The maximum atomic E-state index is 8.75. The number of hydrogen-bond donors (Lipinski definition) is 1. The van der Waals surface area contributed by atoms with Crippen molar-refractivity contribution >= 4 is 17.4 Å². The number of rotatable bonds is 6. The zero-order chi connectivity index (χ0) is 13.5. The van der Waals surface area contributed by atoms with E-state index in [-0.39, 0.29) is 0 Å². The van der Waals surface area contributed by atoms with Crippen LogP contribution in [0, 0.1) is 0 Å². The van der Waals surface area contributed by atoms with Gasteiger partial charge in [0.2, 0.25) is 0 Å². The lowest BCUT2D eigenvalue weighted by Crippen LogP contribution is -2.47. The standard InChI is InChI=1S/C14H22ClN3O/c15-13-5-4-6-16-14(13)18-10-8-17(9-11-18)7-2-1-3-12-19/h4-6,19H,1-3,7-12H2. The van der Waals surface area contributed by atoms with Crippen LogP contribution in [0.2, 0.25) is 5.02 Å². The van der Waals surface area contributed by atoms with Gasteiger partial charge in [-0.1, -0.05) is 11.6 Å². The van der Waals surface area contributed by atoms with Crippen LogP contribution in [-0.2, 0) is 0 Å². The number of unbranched alkanes of at least 4 members (excludes halogenated alkanes) is 2. The highest BCUT2D eigenvalue weighted by molar-refractivity contribution is 6.32. The topological polar surface area (TPSA) is 39.6 Å². The van der Waals surface area contributed by atoms with Crippen LogP contribution in [0.3, 0.4) is 0 Å². The van der Waals surface area contributed by atoms with E-state index in [1.165, 1.54) is 6.42 Å². The summed E-state index contributed by atoms with van der Waals surface area (Å²) in [5.74, 6) is 0.907. The molecule has 0 atom stereocenters. The molecule has 1 aliphatic rings. The molecule has 2 rings (SSSR count). The van der Waals surface area contributed by atoms with Crippen molar-refractivity contribution in [2.24, 2.45) is 0 Å². The van der Waals surface area contributed by atoms with Crippen LogP contribution in [0.15, 0.2) is 18.3 Å². The second-order valence-corrected chi connectivity index (χ2v) is 5.33. The molecule has 0 unspecified atom stereocenters. The van der Waals surface area contributed by atoms with Crippen molar-refractivity contribution in [3.05, 3.63) is 23.4 Å². The molecule has 1 aromatic rings. The molecule has 0 aliphatic carbocycles. The molecular formula is C14H22ClN3O. The van der Waals surface area contributed by atoms with E-state index < -0.39 is 0 Å². The third-order valence-electron chi connectivity index (χ3n) is 3.54. The van der Waals surface area contributed by atoms with Gasteiger partial charge in [0.25, 0.3) is 0 Å². The van der Waals surface area contributed by atoms with E-state index in [0.29, 0.717) is 6.61 Å². The van der Waals surface area contributed by atoms with Crippen LogP contribution in [0.5, 0.6) is 0 Å². The summed E-state index contributed by atoms with van der Waals surface area (Å²) in [6.45, 7) is 5.53. The Morgan fingerprint density at radius 2 is 1.95 bits per heavy atom. The Morgan fingerprint density at radius 3 is 2.63 bits per heavy atom. The summed E-state index contributed by atoms with van der Waals surface area (Å²) in [4.78, 5) is 9.09. The van der Waals surface area contributed by atoms with Crippen LogP contribution < -0.4 is 4.90 Å². The highest BCUT2D eigenvalue weighted by Gasteiger charge is 2.18. The lowest BCUT2D eigenvalue weighted by Gasteiger charge is -2.35. The van der Waals surface area contributed by atoms with E-state index >= 15 is 0 Å². The highest BCUT2D eigenvalue weighted by atomic mass is 35.5. The number of nitrogens with zero attached hydrogens (tertiary/aromatic N) is 3. The first kappa shape index (κ1) is 14.6. The van der Waals surface area contributed by atoms with Crippen molar-refractivity contribution in [2.45, 2.75) is 19.3 Å². The molecule has 1 saturated heterocycles. The van der Waals surface area contributed by atoms with Crippen LogP contribution in [0.4, 0.5) is 5.82 Å². The van der Waals surface area contributed by atoms with E-state index in [2.05, 4.69) is 14.8 Å². The Labute approximate surface area is 120 Å². The van der Waals surface area contributed by atoms with Crippen molar-refractivity contribution in [2.75, 3.05) is 44.2 Å². The molecule has 19 heavy (non-hydrogen) atoms. The molecule has 1 aromatic heterocycles. The minimum absolute atomic E-state index is 0.311. The SMILES string of the molecule is OCCCCCN1CCN(c2ncccc2Cl)CC1. The molecule has 0 spiro atoms. The number of aromatic nitrogens is 1. The van der Waals surface area contributed by atoms with Gasteiger partial charge in [0, 0.05) is 39.0 Å². The van der Waals surface area contributed by atoms with Crippen molar-refractivity contribution in [3.8, 4) is 0 Å². The summed E-state index contributed by atoms with van der Waals surface area (Å²) in [5.41, 5.74) is 0. The van der Waals surface area contributed by atoms with Gasteiger partial charge in [-0.25, -0.2) is 4.98 Å². The summed E-state index contributed by atoms with van der Waals surface area (Å²) in [6.07, 6.45) is 5.00. The van der Waals surface area contributed by atoms with Crippen molar-refractivity contribution in [3.63, 3.8) is 0 Å². The van der Waals surface area contributed by atoms with Crippen LogP contribution in [0.25, 0.3) is 0 Å². The lowest BCUT2D eigenvalue weighted by molar-refractivity contribution is 0.242. The van der Waals surface area contributed by atoms with Gasteiger partial charge in [-0.05, 0) is 37.9 Å². The van der Waals surface area contributed by atoms with Crippen LogP contribution in [0.1, 0.15) is 19.3 Å². The number of piperazine rings is 1. The van der Waals surface area contributed by atoms with Gasteiger partial charge in [0.05, 0.1) is 5.02 Å². The highest BCUT2D eigenvalue weighted by Crippen LogP contribution is 2.23. The normalized spacial score (nSPS) is 16.8. The molecule has 2 heterocycles. The maximum Gasteiger partial charge on any atom is 0.147 e. The third kappa shape index (κ3) is 4.34. The molecule has 4 nitrogen and oxygen atoms in total. The Morgan fingerprint density at radius 1 is 1.16 bits per heavy atom. The zero-order valence-corrected chi connectivity index (χ0v) is 12.0. The van der Waals surface area contributed by atoms with Gasteiger partial charge in [0.15, 0.2) is 0 Å². The minimum atomic E-state index is 0.311. The maximum absolute atomic E-state index is 8.75. The first-order chi connectivity index (χ1) is 9.31. The van der Waals surface area contributed by atoms with Gasteiger partial charge >= 0.3 is 0 Å². The monoisotopic (exact) mass is 283 g/mol.